The fourth-order valence-electron chi connectivity index (χ4n) is 2.52. The van der Waals surface area contributed by atoms with E-state index in [1.165, 1.54) is 0 Å². The molecule has 0 radical (unpaired) electrons. The number of methoxy groups -OCH3 is 3. The Kier molecular flexibility index (Phi) is 10.4. The van der Waals surface area contributed by atoms with E-state index < -0.39 is 0 Å². The van der Waals surface area contributed by atoms with Gasteiger partial charge in [-0.25, -0.2) is 4.99 Å². The predicted octanol–water partition coefficient (Wildman–Crippen LogP) is 3.59. The highest BCUT2D eigenvalue weighted by molar-refractivity contribution is 14.0. The van der Waals surface area contributed by atoms with Crippen LogP contribution in [0.2, 0.25) is 0 Å². The smallest absolute Gasteiger partial charge is 0.191 e. The van der Waals surface area contributed by atoms with Crippen LogP contribution in [-0.4, -0.2) is 33.8 Å². The molecule has 7 heteroatoms. The average molecular weight is 485 g/mol. The van der Waals surface area contributed by atoms with Gasteiger partial charge in [0.2, 0.25) is 0 Å². The van der Waals surface area contributed by atoms with Gasteiger partial charge in [-0.2, -0.15) is 0 Å². The highest BCUT2D eigenvalue weighted by Crippen LogP contribution is 2.24. The molecule has 0 aliphatic heterocycles. The molecule has 0 atom stereocenters. The van der Waals surface area contributed by atoms with E-state index in [2.05, 4.69) is 15.6 Å². The second-order valence-electron chi connectivity index (χ2n) is 5.54. The first-order chi connectivity index (χ1) is 12.7. The number of aliphatic imine (C=N–C) groups is 1. The summed E-state index contributed by atoms with van der Waals surface area (Å²) in [5.41, 5.74) is 2.06. The number of rotatable bonds is 8. The lowest BCUT2D eigenvalue weighted by atomic mass is 10.2. The number of ether oxygens (including phenoxy) is 3. The van der Waals surface area contributed by atoms with E-state index in [9.17, 15) is 0 Å². The maximum absolute atomic E-state index is 5.44. The summed E-state index contributed by atoms with van der Waals surface area (Å²) in [4.78, 5) is 4.65. The highest BCUT2D eigenvalue weighted by atomic mass is 127. The summed E-state index contributed by atoms with van der Waals surface area (Å²) < 4.78 is 16.1. The van der Waals surface area contributed by atoms with E-state index >= 15 is 0 Å². The highest BCUT2D eigenvalue weighted by Gasteiger charge is 2.07. The van der Waals surface area contributed by atoms with Crippen LogP contribution in [0.5, 0.6) is 17.2 Å². The average Bonchev–Trinajstić information content (AvgIpc) is 2.70. The minimum atomic E-state index is 0. The van der Waals surface area contributed by atoms with Crippen molar-refractivity contribution in [2.45, 2.75) is 20.0 Å². The second-order valence-corrected chi connectivity index (χ2v) is 5.54. The Morgan fingerprint density at radius 1 is 0.889 bits per heavy atom. The zero-order valence-corrected chi connectivity index (χ0v) is 18.6. The van der Waals surface area contributed by atoms with Gasteiger partial charge >= 0.3 is 0 Å². The van der Waals surface area contributed by atoms with Crippen LogP contribution in [0.3, 0.4) is 0 Å². The maximum atomic E-state index is 5.44. The second kappa shape index (κ2) is 12.3. The van der Waals surface area contributed by atoms with Crippen molar-refractivity contribution in [3.05, 3.63) is 53.6 Å². The number of para-hydroxylation sites is 1. The van der Waals surface area contributed by atoms with Gasteiger partial charge in [-0.3, -0.25) is 0 Å². The van der Waals surface area contributed by atoms with Crippen molar-refractivity contribution in [1.29, 1.82) is 0 Å². The molecule has 0 saturated heterocycles. The number of guanidine groups is 1. The quantitative estimate of drug-likeness (QED) is 0.340. The zero-order chi connectivity index (χ0) is 18.8. The minimum Gasteiger partial charge on any atom is -0.497 e. The van der Waals surface area contributed by atoms with Gasteiger partial charge in [0.1, 0.15) is 17.2 Å². The minimum absolute atomic E-state index is 0. The van der Waals surface area contributed by atoms with Crippen molar-refractivity contribution in [1.82, 2.24) is 10.6 Å². The molecular weight excluding hydrogens is 457 g/mol. The van der Waals surface area contributed by atoms with Crippen LogP contribution in [0.4, 0.5) is 0 Å². The lowest BCUT2D eigenvalue weighted by Gasteiger charge is -2.14. The van der Waals surface area contributed by atoms with E-state index in [1.54, 1.807) is 21.3 Å². The standard InChI is InChI=1S/C20H27N3O3.HI/c1-5-21-20(22-13-15-8-6-7-9-18(15)25-3)23-14-16-10-11-17(24-2)12-19(16)26-4;/h6-12H,5,13-14H2,1-4H3,(H2,21,22,23);1H. The molecule has 0 aliphatic carbocycles. The molecule has 148 valence electrons. The maximum Gasteiger partial charge on any atom is 0.191 e. The molecule has 0 fully saturated rings. The lowest BCUT2D eigenvalue weighted by Crippen LogP contribution is -2.36. The normalized spacial score (nSPS) is 10.6. The van der Waals surface area contributed by atoms with E-state index in [1.807, 2.05) is 49.4 Å². The Hall–Kier alpha value is -2.16. The third kappa shape index (κ3) is 6.82. The molecule has 0 saturated carbocycles. The molecular formula is C20H28IN3O3. The van der Waals surface area contributed by atoms with Crippen molar-refractivity contribution >= 4 is 29.9 Å². The number of nitrogens with zero attached hydrogens (tertiary/aromatic N) is 1. The first-order valence-electron chi connectivity index (χ1n) is 8.56. The van der Waals surface area contributed by atoms with Gasteiger partial charge in [0, 0.05) is 30.3 Å². The lowest BCUT2D eigenvalue weighted by molar-refractivity contribution is 0.390. The molecule has 2 N–H and O–H groups in total. The van der Waals surface area contributed by atoms with Crippen LogP contribution >= 0.6 is 24.0 Å². The summed E-state index contributed by atoms with van der Waals surface area (Å²) in [5.74, 6) is 3.11. The summed E-state index contributed by atoms with van der Waals surface area (Å²) >= 11 is 0. The molecule has 2 aromatic carbocycles. The Bertz CT molecular complexity index is 738. The number of halogens is 1. The molecule has 0 spiro atoms. The predicted molar refractivity (Wildman–Crippen MR) is 120 cm³/mol. The number of benzene rings is 2. The zero-order valence-electron chi connectivity index (χ0n) is 16.2. The van der Waals surface area contributed by atoms with Crippen molar-refractivity contribution in [3.8, 4) is 17.2 Å². The van der Waals surface area contributed by atoms with E-state index in [-0.39, 0.29) is 24.0 Å². The van der Waals surface area contributed by atoms with Gasteiger partial charge < -0.3 is 24.8 Å². The first kappa shape index (κ1) is 22.9. The van der Waals surface area contributed by atoms with Crippen LogP contribution in [0.15, 0.2) is 47.5 Å². The van der Waals surface area contributed by atoms with Crippen LogP contribution in [0.1, 0.15) is 18.1 Å². The Morgan fingerprint density at radius 2 is 1.63 bits per heavy atom. The molecule has 0 unspecified atom stereocenters. The van der Waals surface area contributed by atoms with Crippen LogP contribution in [0, 0.1) is 0 Å². The molecule has 0 bridgehead atoms. The fraction of sp³-hybridized carbons (Fsp3) is 0.350. The monoisotopic (exact) mass is 485 g/mol. The molecule has 2 aromatic rings. The molecule has 0 heterocycles. The van der Waals surface area contributed by atoms with Gasteiger partial charge in [-0.15, -0.1) is 24.0 Å². The Labute approximate surface area is 178 Å². The largest absolute Gasteiger partial charge is 0.497 e. The van der Waals surface area contributed by atoms with Gasteiger partial charge in [0.25, 0.3) is 0 Å². The molecule has 0 aromatic heterocycles. The van der Waals surface area contributed by atoms with Crippen molar-refractivity contribution in [2.75, 3.05) is 27.9 Å². The topological polar surface area (TPSA) is 64.1 Å². The van der Waals surface area contributed by atoms with E-state index in [4.69, 9.17) is 14.2 Å². The van der Waals surface area contributed by atoms with Crippen LogP contribution in [-0.2, 0) is 13.1 Å². The first-order valence-corrected chi connectivity index (χ1v) is 8.56. The molecule has 0 amide bonds. The summed E-state index contributed by atoms with van der Waals surface area (Å²) in [6.07, 6.45) is 0. The van der Waals surface area contributed by atoms with Crippen molar-refractivity contribution < 1.29 is 14.2 Å². The Morgan fingerprint density at radius 3 is 2.30 bits per heavy atom. The van der Waals surface area contributed by atoms with Gasteiger partial charge in [-0.05, 0) is 25.1 Å². The van der Waals surface area contributed by atoms with Crippen molar-refractivity contribution in [3.63, 3.8) is 0 Å². The van der Waals surface area contributed by atoms with Crippen LogP contribution < -0.4 is 24.8 Å². The SMILES string of the molecule is CCNC(=NCc1ccccc1OC)NCc1ccc(OC)cc1OC.I. The third-order valence-electron chi connectivity index (χ3n) is 3.88. The van der Waals surface area contributed by atoms with E-state index in [0.717, 1.165) is 40.9 Å². The summed E-state index contributed by atoms with van der Waals surface area (Å²) in [6.45, 7) is 3.93. The number of nitrogens with one attached hydrogen (secondary N) is 2. The van der Waals surface area contributed by atoms with Crippen LogP contribution in [0.25, 0.3) is 0 Å². The summed E-state index contributed by atoms with van der Waals surface area (Å²) in [5, 5.41) is 6.59. The fourth-order valence-corrected chi connectivity index (χ4v) is 2.52. The van der Waals surface area contributed by atoms with Gasteiger partial charge in [0.15, 0.2) is 5.96 Å². The Balaban J connectivity index is 0.00000364. The third-order valence-corrected chi connectivity index (χ3v) is 3.88. The number of hydrogen-bond donors (Lipinski definition) is 2. The van der Waals surface area contributed by atoms with Crippen molar-refractivity contribution in [2.24, 2.45) is 4.99 Å². The molecule has 6 nitrogen and oxygen atoms in total. The summed E-state index contributed by atoms with van der Waals surface area (Å²) in [7, 11) is 4.96. The molecule has 0 aliphatic rings. The van der Waals surface area contributed by atoms with Gasteiger partial charge in [0.05, 0.1) is 27.9 Å². The van der Waals surface area contributed by atoms with Gasteiger partial charge in [-0.1, -0.05) is 18.2 Å². The van der Waals surface area contributed by atoms with E-state index in [0.29, 0.717) is 13.1 Å². The summed E-state index contributed by atoms with van der Waals surface area (Å²) in [6, 6.07) is 13.6. The number of hydrogen-bond acceptors (Lipinski definition) is 4. The molecule has 27 heavy (non-hydrogen) atoms. The molecule has 2 rings (SSSR count).